The molecule has 1 unspecified atom stereocenters. The SMILES string of the molecule is CCP(Cl)(=[Se])c1ccccc1. The van der Waals surface area contributed by atoms with Crippen LogP contribution >= 0.6 is 16.1 Å². The molecule has 0 aliphatic carbocycles. The molecular formula is C8H10ClPSe. The van der Waals surface area contributed by atoms with Crippen LogP contribution in [0.15, 0.2) is 30.3 Å². The summed E-state index contributed by atoms with van der Waals surface area (Å²) in [4.78, 5) is -1.43. The van der Waals surface area contributed by atoms with E-state index < -0.39 is 4.86 Å². The Kier molecular flexibility index (Phi) is 3.40. The van der Waals surface area contributed by atoms with Gasteiger partial charge in [-0.05, 0) is 0 Å². The van der Waals surface area contributed by atoms with Crippen LogP contribution in [0.1, 0.15) is 6.92 Å². The van der Waals surface area contributed by atoms with Crippen molar-refractivity contribution in [2.75, 3.05) is 6.16 Å². The number of benzene rings is 1. The number of rotatable bonds is 2. The third-order valence-electron chi connectivity index (χ3n) is 1.55. The van der Waals surface area contributed by atoms with E-state index in [1.54, 1.807) is 0 Å². The van der Waals surface area contributed by atoms with Gasteiger partial charge in [-0.2, -0.15) is 0 Å². The Balaban J connectivity index is 3.03. The van der Waals surface area contributed by atoms with E-state index in [9.17, 15) is 0 Å². The molecule has 0 radical (unpaired) electrons. The van der Waals surface area contributed by atoms with E-state index in [2.05, 4.69) is 34.2 Å². The fourth-order valence-corrected chi connectivity index (χ4v) is 2.92. The standard InChI is InChI=1S/C8H10ClPSe/c1-2-10(9,11)8-6-4-3-5-7-8/h3-7H,2H2,1H3. The molecule has 1 aromatic rings. The first-order valence-electron chi connectivity index (χ1n) is 3.51. The first kappa shape index (κ1) is 9.55. The predicted molar refractivity (Wildman–Crippen MR) is 55.1 cm³/mol. The summed E-state index contributed by atoms with van der Waals surface area (Å²) in [5.74, 6) is 0. The van der Waals surface area contributed by atoms with Crippen molar-refractivity contribution in [1.82, 2.24) is 0 Å². The van der Waals surface area contributed by atoms with E-state index in [4.69, 9.17) is 11.2 Å². The van der Waals surface area contributed by atoms with Gasteiger partial charge in [-0.25, -0.2) is 0 Å². The molecule has 0 fully saturated rings. The topological polar surface area (TPSA) is 0 Å². The zero-order valence-corrected chi connectivity index (χ0v) is 9.69. The molecule has 0 nitrogen and oxygen atoms in total. The van der Waals surface area contributed by atoms with Gasteiger partial charge in [-0.1, -0.05) is 0 Å². The molecule has 1 atom stereocenters. The summed E-state index contributed by atoms with van der Waals surface area (Å²) in [6.45, 7) is 2.12. The van der Waals surface area contributed by atoms with E-state index in [-0.39, 0.29) is 0 Å². The fourth-order valence-electron chi connectivity index (χ4n) is 0.833. The maximum atomic E-state index is 6.30. The molecule has 0 N–H and O–H groups in total. The molecule has 1 rings (SSSR count). The van der Waals surface area contributed by atoms with Crippen molar-refractivity contribution in [1.29, 1.82) is 0 Å². The van der Waals surface area contributed by atoms with Crippen LogP contribution in [0.3, 0.4) is 0 Å². The first-order valence-corrected chi connectivity index (χ1v) is 8.60. The Morgan fingerprint density at radius 1 is 1.36 bits per heavy atom. The van der Waals surface area contributed by atoms with Crippen molar-refractivity contribution in [3.8, 4) is 0 Å². The number of hydrogen-bond acceptors (Lipinski definition) is 0. The van der Waals surface area contributed by atoms with Gasteiger partial charge in [0.1, 0.15) is 0 Å². The maximum absolute atomic E-state index is 6.30. The Morgan fingerprint density at radius 2 is 1.91 bits per heavy atom. The number of hydrogen-bond donors (Lipinski definition) is 0. The summed E-state index contributed by atoms with van der Waals surface area (Å²) in [6.07, 6.45) is 1.01. The average molecular weight is 252 g/mol. The molecule has 0 aliphatic heterocycles. The van der Waals surface area contributed by atoms with Gasteiger partial charge in [-0.15, -0.1) is 0 Å². The van der Waals surface area contributed by atoms with Crippen LogP contribution in [0.4, 0.5) is 0 Å². The molecule has 0 saturated carbocycles. The normalized spacial score (nSPS) is 15.8. The van der Waals surface area contributed by atoms with E-state index in [0.717, 1.165) is 6.16 Å². The molecule has 0 aliphatic rings. The third kappa shape index (κ3) is 2.46. The van der Waals surface area contributed by atoms with Crippen LogP contribution in [0.2, 0.25) is 0 Å². The first-order chi connectivity index (χ1) is 5.17. The predicted octanol–water partition coefficient (Wildman–Crippen LogP) is 2.59. The fraction of sp³-hybridized carbons (Fsp3) is 0.250. The van der Waals surface area contributed by atoms with E-state index in [1.807, 2.05) is 18.2 Å². The minimum atomic E-state index is -1.43. The van der Waals surface area contributed by atoms with Gasteiger partial charge in [0.05, 0.1) is 0 Å². The van der Waals surface area contributed by atoms with E-state index in [0.29, 0.717) is 0 Å². The van der Waals surface area contributed by atoms with Gasteiger partial charge in [0.2, 0.25) is 0 Å². The minimum absolute atomic E-state index is 1.01. The Morgan fingerprint density at radius 3 is 2.36 bits per heavy atom. The van der Waals surface area contributed by atoms with Crippen LogP contribution in [0.5, 0.6) is 0 Å². The molecule has 3 heteroatoms. The summed E-state index contributed by atoms with van der Waals surface area (Å²) in [7, 11) is 0. The van der Waals surface area contributed by atoms with Crippen molar-refractivity contribution in [2.45, 2.75) is 6.92 Å². The zero-order valence-electron chi connectivity index (χ0n) is 6.33. The summed E-state index contributed by atoms with van der Waals surface area (Å²) >= 11 is 9.40. The van der Waals surface area contributed by atoms with Crippen molar-refractivity contribution in [3.63, 3.8) is 0 Å². The molecule has 0 bridgehead atoms. The monoisotopic (exact) mass is 252 g/mol. The van der Waals surface area contributed by atoms with Gasteiger partial charge < -0.3 is 0 Å². The quantitative estimate of drug-likeness (QED) is 0.560. The summed E-state index contributed by atoms with van der Waals surface area (Å²) in [6, 6.07) is 10.2. The van der Waals surface area contributed by atoms with Crippen molar-refractivity contribution in [3.05, 3.63) is 30.3 Å². The molecule has 0 heterocycles. The van der Waals surface area contributed by atoms with Gasteiger partial charge in [0, 0.05) is 0 Å². The molecule has 0 amide bonds. The molecule has 1 aromatic carbocycles. The number of halogens is 1. The van der Waals surface area contributed by atoms with Crippen LogP contribution < -0.4 is 5.30 Å². The molecule has 0 spiro atoms. The Bertz CT molecular complexity index is 271. The molecule has 60 valence electrons. The molecule has 0 aromatic heterocycles. The zero-order chi connectivity index (χ0) is 8.32. The van der Waals surface area contributed by atoms with E-state index in [1.165, 1.54) is 5.30 Å². The van der Waals surface area contributed by atoms with Gasteiger partial charge >= 0.3 is 79.9 Å². The van der Waals surface area contributed by atoms with Crippen LogP contribution in [0.25, 0.3) is 0 Å². The second-order valence-electron chi connectivity index (χ2n) is 2.30. The van der Waals surface area contributed by atoms with Crippen LogP contribution in [-0.4, -0.2) is 21.3 Å². The van der Waals surface area contributed by atoms with E-state index >= 15 is 0 Å². The Labute approximate surface area is 80.0 Å². The summed E-state index contributed by atoms with van der Waals surface area (Å²) in [5, 5.41) is 1.25. The van der Waals surface area contributed by atoms with Gasteiger partial charge in [-0.3, -0.25) is 0 Å². The van der Waals surface area contributed by atoms with Crippen molar-refractivity contribution in [2.24, 2.45) is 0 Å². The average Bonchev–Trinajstić information content (AvgIpc) is 2.06. The molecule has 11 heavy (non-hydrogen) atoms. The summed E-state index contributed by atoms with van der Waals surface area (Å²) in [5.41, 5.74) is 0. The van der Waals surface area contributed by atoms with Crippen molar-refractivity contribution >= 4 is 36.5 Å². The second kappa shape index (κ2) is 3.92. The van der Waals surface area contributed by atoms with Gasteiger partial charge in [0.25, 0.3) is 0 Å². The van der Waals surface area contributed by atoms with Crippen molar-refractivity contribution < 1.29 is 0 Å². The second-order valence-corrected chi connectivity index (χ2v) is 11.8. The molecular weight excluding hydrogens is 241 g/mol. The third-order valence-corrected chi connectivity index (χ3v) is 7.69. The summed E-state index contributed by atoms with van der Waals surface area (Å²) < 4.78 is 0. The Hall–Kier alpha value is 0.459. The van der Waals surface area contributed by atoms with Crippen LogP contribution in [0, 0.1) is 0 Å². The van der Waals surface area contributed by atoms with Gasteiger partial charge in [0.15, 0.2) is 0 Å². The molecule has 0 saturated heterocycles. The van der Waals surface area contributed by atoms with Crippen LogP contribution in [-0.2, 0) is 0 Å².